The van der Waals surface area contributed by atoms with E-state index >= 15 is 0 Å². The van der Waals surface area contributed by atoms with Crippen LogP contribution in [0.3, 0.4) is 0 Å². The van der Waals surface area contributed by atoms with Crippen LogP contribution in [0, 0.1) is 0 Å². The molecule has 0 spiro atoms. The molecule has 1 aromatic rings. The van der Waals surface area contributed by atoms with Crippen LogP contribution >= 0.6 is 39.1 Å². The number of rotatable bonds is 1. The Bertz CT molecular complexity index is 306. The van der Waals surface area contributed by atoms with Gasteiger partial charge in [-0.05, 0) is 22.0 Å². The Hall–Kier alpha value is 0.0700. The summed E-state index contributed by atoms with van der Waals surface area (Å²) >= 11 is 13.9. The third-order valence-electron chi connectivity index (χ3n) is 1.11. The smallest absolute Gasteiger partial charge is 0.234 e. The van der Waals surface area contributed by atoms with Gasteiger partial charge in [0, 0.05) is 0 Å². The van der Waals surface area contributed by atoms with Gasteiger partial charge in [-0.2, -0.15) is 0 Å². The van der Waals surface area contributed by atoms with Gasteiger partial charge in [-0.25, -0.2) is 13.8 Å². The molecule has 0 radical (unpaired) electrons. The first-order valence-electron chi connectivity index (χ1n) is 2.82. The summed E-state index contributed by atoms with van der Waals surface area (Å²) in [7, 11) is 0. The van der Waals surface area contributed by atoms with Crippen molar-refractivity contribution in [3.63, 3.8) is 0 Å². The summed E-state index contributed by atoms with van der Waals surface area (Å²) < 4.78 is 24.4. The van der Waals surface area contributed by atoms with Crippen molar-refractivity contribution >= 4 is 39.1 Å². The molecule has 1 nitrogen and oxygen atoms in total. The minimum absolute atomic E-state index is 0.0431. The zero-order chi connectivity index (χ0) is 9.30. The fourth-order valence-corrected chi connectivity index (χ4v) is 1.46. The summed E-state index contributed by atoms with van der Waals surface area (Å²) in [6.07, 6.45) is -2.68. The maximum absolute atomic E-state index is 12.2. The van der Waals surface area contributed by atoms with Crippen LogP contribution in [0.4, 0.5) is 8.78 Å². The van der Waals surface area contributed by atoms with E-state index in [9.17, 15) is 8.78 Å². The normalized spacial score (nSPS) is 10.8. The first-order chi connectivity index (χ1) is 5.52. The van der Waals surface area contributed by atoms with Crippen molar-refractivity contribution in [2.45, 2.75) is 6.43 Å². The molecule has 0 saturated carbocycles. The van der Waals surface area contributed by atoms with Crippen LogP contribution in [0.2, 0.25) is 10.2 Å². The molecule has 6 heteroatoms. The Kier molecular flexibility index (Phi) is 3.26. The summed E-state index contributed by atoms with van der Waals surface area (Å²) in [5, 5.41) is 0.0869. The molecule has 0 N–H and O–H groups in total. The van der Waals surface area contributed by atoms with Crippen molar-refractivity contribution in [1.29, 1.82) is 0 Å². The van der Waals surface area contributed by atoms with Crippen LogP contribution in [0.1, 0.15) is 12.1 Å². The summed E-state index contributed by atoms with van der Waals surface area (Å²) in [6, 6.07) is 1.29. The molecule has 0 aliphatic rings. The van der Waals surface area contributed by atoms with Crippen molar-refractivity contribution in [2.75, 3.05) is 0 Å². The molecule has 0 bridgehead atoms. The molecule has 0 fully saturated rings. The molecular weight excluding hydrogens is 275 g/mol. The number of pyridine rings is 1. The van der Waals surface area contributed by atoms with Crippen molar-refractivity contribution in [1.82, 2.24) is 4.98 Å². The Morgan fingerprint density at radius 3 is 2.50 bits per heavy atom. The van der Waals surface area contributed by atoms with E-state index in [1.54, 1.807) is 0 Å². The van der Waals surface area contributed by atoms with Gasteiger partial charge in [-0.3, -0.25) is 0 Å². The minimum atomic E-state index is -2.68. The Morgan fingerprint density at radius 2 is 2.00 bits per heavy atom. The highest BCUT2D eigenvalue weighted by Gasteiger charge is 2.16. The molecule has 0 aliphatic carbocycles. The van der Waals surface area contributed by atoms with Gasteiger partial charge in [0.1, 0.15) is 10.8 Å². The van der Waals surface area contributed by atoms with E-state index in [1.165, 1.54) is 6.07 Å². The lowest BCUT2D eigenvalue weighted by atomic mass is 10.4. The molecule has 0 saturated heterocycles. The highest BCUT2D eigenvalue weighted by atomic mass is 79.9. The van der Waals surface area contributed by atoms with Crippen LogP contribution in [0.25, 0.3) is 0 Å². The molecule has 1 heterocycles. The molecular formula is C6H2BrCl2F2N. The molecule has 1 rings (SSSR count). The predicted molar refractivity (Wildman–Crippen MR) is 46.9 cm³/mol. The first-order valence-corrected chi connectivity index (χ1v) is 4.37. The van der Waals surface area contributed by atoms with E-state index in [1.807, 2.05) is 0 Å². The highest BCUT2D eigenvalue weighted by Crippen LogP contribution is 2.32. The van der Waals surface area contributed by atoms with E-state index in [0.717, 1.165) is 0 Å². The van der Waals surface area contributed by atoms with Gasteiger partial charge < -0.3 is 0 Å². The van der Waals surface area contributed by atoms with Crippen LogP contribution in [-0.4, -0.2) is 4.98 Å². The van der Waals surface area contributed by atoms with Gasteiger partial charge in [0.2, 0.25) is 0 Å². The minimum Gasteiger partial charge on any atom is -0.234 e. The number of hydrogen-bond acceptors (Lipinski definition) is 1. The summed E-state index contributed by atoms with van der Waals surface area (Å²) in [6.45, 7) is 0. The molecule has 1 aromatic heterocycles. The van der Waals surface area contributed by atoms with Gasteiger partial charge >= 0.3 is 0 Å². The second-order valence-corrected chi connectivity index (χ2v) is 3.51. The van der Waals surface area contributed by atoms with Crippen LogP contribution in [0.5, 0.6) is 0 Å². The topological polar surface area (TPSA) is 12.9 Å². The Balaban J connectivity index is 3.28. The molecule has 0 atom stereocenters. The van der Waals surface area contributed by atoms with Gasteiger partial charge in [0.25, 0.3) is 6.43 Å². The quantitative estimate of drug-likeness (QED) is 0.704. The SMILES string of the molecule is FC(F)c1nc(Cl)cc(Cl)c1Br. The van der Waals surface area contributed by atoms with Gasteiger partial charge in [0.15, 0.2) is 0 Å². The number of hydrogen-bond donors (Lipinski definition) is 0. The largest absolute Gasteiger partial charge is 0.281 e. The van der Waals surface area contributed by atoms with Gasteiger partial charge in [-0.1, -0.05) is 23.2 Å². The summed E-state index contributed by atoms with van der Waals surface area (Å²) in [5.74, 6) is 0. The maximum Gasteiger partial charge on any atom is 0.281 e. The number of alkyl halides is 2. The number of halogens is 5. The highest BCUT2D eigenvalue weighted by molar-refractivity contribution is 9.10. The zero-order valence-electron chi connectivity index (χ0n) is 5.49. The van der Waals surface area contributed by atoms with Crippen LogP contribution < -0.4 is 0 Å². The van der Waals surface area contributed by atoms with E-state index in [2.05, 4.69) is 20.9 Å². The maximum atomic E-state index is 12.2. The zero-order valence-corrected chi connectivity index (χ0v) is 8.59. The van der Waals surface area contributed by atoms with E-state index < -0.39 is 12.1 Å². The molecule has 0 aromatic carbocycles. The molecule has 0 amide bonds. The lowest BCUT2D eigenvalue weighted by Crippen LogP contribution is -1.92. The summed E-state index contributed by atoms with van der Waals surface area (Å²) in [5.41, 5.74) is -0.437. The fourth-order valence-electron chi connectivity index (χ4n) is 0.631. The predicted octanol–water partition coefficient (Wildman–Crippen LogP) is 4.09. The number of aromatic nitrogens is 1. The van der Waals surface area contributed by atoms with Crippen molar-refractivity contribution < 1.29 is 8.78 Å². The van der Waals surface area contributed by atoms with E-state index in [4.69, 9.17) is 23.2 Å². The first kappa shape index (κ1) is 10.2. The van der Waals surface area contributed by atoms with Gasteiger partial charge in [-0.15, -0.1) is 0 Å². The molecule has 0 unspecified atom stereocenters. The fraction of sp³-hybridized carbons (Fsp3) is 0.167. The Labute approximate surface area is 85.8 Å². The third kappa shape index (κ3) is 2.06. The van der Waals surface area contributed by atoms with E-state index in [0.29, 0.717) is 0 Å². The Morgan fingerprint density at radius 1 is 1.42 bits per heavy atom. The van der Waals surface area contributed by atoms with E-state index in [-0.39, 0.29) is 14.6 Å². The number of nitrogens with zero attached hydrogens (tertiary/aromatic N) is 1. The lowest BCUT2D eigenvalue weighted by Gasteiger charge is -2.03. The van der Waals surface area contributed by atoms with Crippen molar-refractivity contribution in [2.24, 2.45) is 0 Å². The lowest BCUT2D eigenvalue weighted by molar-refractivity contribution is 0.145. The monoisotopic (exact) mass is 275 g/mol. The molecule has 12 heavy (non-hydrogen) atoms. The van der Waals surface area contributed by atoms with Crippen LogP contribution in [-0.2, 0) is 0 Å². The van der Waals surface area contributed by atoms with Crippen molar-refractivity contribution in [3.05, 3.63) is 26.4 Å². The second-order valence-electron chi connectivity index (χ2n) is 1.93. The second kappa shape index (κ2) is 3.85. The van der Waals surface area contributed by atoms with Crippen LogP contribution in [0.15, 0.2) is 10.5 Å². The van der Waals surface area contributed by atoms with Crippen molar-refractivity contribution in [3.8, 4) is 0 Å². The van der Waals surface area contributed by atoms with Gasteiger partial charge in [0.05, 0.1) is 9.50 Å². The molecule has 66 valence electrons. The standard InChI is InChI=1S/C6H2BrCl2F2N/c7-4-2(8)1-3(9)12-5(4)6(10)11/h1,6H. The molecule has 0 aliphatic heterocycles. The third-order valence-corrected chi connectivity index (χ3v) is 2.67. The summed E-state index contributed by atoms with van der Waals surface area (Å²) in [4.78, 5) is 3.42. The average Bonchev–Trinajstić information content (AvgIpc) is 1.96. The average molecular weight is 277 g/mol.